The summed E-state index contributed by atoms with van der Waals surface area (Å²) in [5.41, 5.74) is 3.26. The van der Waals surface area contributed by atoms with Crippen LogP contribution in [0.1, 0.15) is 30.9 Å². The molecule has 0 aromatic heterocycles. The average molecular weight is 306 g/mol. The standard InChI is InChI=1S/C14H16BrN3/c1-9-13(16-2)18-14(17-9)7-3-4-10-5-6-11(15)8-12(10)14/h5-6,8H,3-4,7H2,1-2H3,(H,16,18). The first-order valence-electron chi connectivity index (χ1n) is 6.28. The van der Waals surface area contributed by atoms with Gasteiger partial charge in [-0.25, -0.2) is 4.99 Å². The molecule has 18 heavy (non-hydrogen) atoms. The van der Waals surface area contributed by atoms with Gasteiger partial charge in [-0.1, -0.05) is 22.0 Å². The molecule has 4 heteroatoms. The Hall–Kier alpha value is -1.16. The first-order valence-corrected chi connectivity index (χ1v) is 7.07. The first kappa shape index (κ1) is 11.9. The molecule has 1 aromatic rings. The van der Waals surface area contributed by atoms with E-state index in [0.717, 1.165) is 35.3 Å². The van der Waals surface area contributed by atoms with Crippen molar-refractivity contribution in [3.8, 4) is 0 Å². The van der Waals surface area contributed by atoms with Gasteiger partial charge in [-0.05, 0) is 43.9 Å². The summed E-state index contributed by atoms with van der Waals surface area (Å²) >= 11 is 3.56. The average Bonchev–Trinajstić information content (AvgIpc) is 2.68. The van der Waals surface area contributed by atoms with Gasteiger partial charge in [-0.3, -0.25) is 4.99 Å². The number of amidine groups is 1. The minimum absolute atomic E-state index is 0.375. The Bertz CT molecular complexity index is 562. The normalized spacial score (nSPS) is 25.7. The van der Waals surface area contributed by atoms with E-state index in [9.17, 15) is 0 Å². The van der Waals surface area contributed by atoms with E-state index in [1.54, 1.807) is 0 Å². The number of hydrogen-bond donors (Lipinski definition) is 1. The Labute approximate surface area is 116 Å². The van der Waals surface area contributed by atoms with Gasteiger partial charge in [0.2, 0.25) is 0 Å². The summed E-state index contributed by atoms with van der Waals surface area (Å²) in [5, 5.41) is 3.14. The quantitative estimate of drug-likeness (QED) is 0.786. The van der Waals surface area contributed by atoms with Crippen LogP contribution < -0.4 is 5.32 Å². The number of aryl methyl sites for hydroxylation is 1. The molecule has 1 aliphatic carbocycles. The number of nitrogens with zero attached hydrogens (tertiary/aromatic N) is 2. The van der Waals surface area contributed by atoms with E-state index in [0.29, 0.717) is 0 Å². The van der Waals surface area contributed by atoms with Crippen LogP contribution in [0, 0.1) is 0 Å². The molecule has 1 aliphatic heterocycles. The molecule has 1 heterocycles. The molecule has 0 radical (unpaired) electrons. The molecule has 0 saturated carbocycles. The highest BCUT2D eigenvalue weighted by Gasteiger charge is 2.40. The predicted octanol–water partition coefficient (Wildman–Crippen LogP) is 3.03. The molecule has 2 aliphatic rings. The van der Waals surface area contributed by atoms with Crippen LogP contribution in [0.5, 0.6) is 0 Å². The minimum Gasteiger partial charge on any atom is -0.372 e. The van der Waals surface area contributed by atoms with Gasteiger partial charge >= 0.3 is 0 Å². The van der Waals surface area contributed by atoms with Gasteiger partial charge in [0, 0.05) is 17.1 Å². The highest BCUT2D eigenvalue weighted by molar-refractivity contribution is 9.10. The molecule has 0 bridgehead atoms. The molecule has 0 fully saturated rings. The Kier molecular flexibility index (Phi) is 2.77. The van der Waals surface area contributed by atoms with Gasteiger partial charge in [-0.2, -0.15) is 0 Å². The summed E-state index contributed by atoms with van der Waals surface area (Å²) in [6.45, 7) is 2.02. The van der Waals surface area contributed by atoms with Crippen LogP contribution in [-0.2, 0) is 12.1 Å². The molecule has 94 valence electrons. The smallest absolute Gasteiger partial charge is 0.178 e. The van der Waals surface area contributed by atoms with Gasteiger partial charge < -0.3 is 5.32 Å². The van der Waals surface area contributed by atoms with Crippen molar-refractivity contribution < 1.29 is 0 Å². The van der Waals surface area contributed by atoms with Crippen LogP contribution in [0.3, 0.4) is 0 Å². The van der Waals surface area contributed by atoms with E-state index >= 15 is 0 Å². The highest BCUT2D eigenvalue weighted by atomic mass is 79.9. The van der Waals surface area contributed by atoms with E-state index in [2.05, 4.69) is 39.4 Å². The van der Waals surface area contributed by atoms with Gasteiger partial charge in [0.25, 0.3) is 0 Å². The molecule has 1 spiro atoms. The van der Waals surface area contributed by atoms with Gasteiger partial charge in [-0.15, -0.1) is 0 Å². The number of nitrogens with one attached hydrogen (secondary N) is 1. The second kappa shape index (κ2) is 4.19. The topological polar surface area (TPSA) is 36.8 Å². The Morgan fingerprint density at radius 2 is 2.17 bits per heavy atom. The number of benzene rings is 1. The van der Waals surface area contributed by atoms with Crippen molar-refractivity contribution in [1.82, 2.24) is 5.32 Å². The van der Waals surface area contributed by atoms with Crippen molar-refractivity contribution in [3.63, 3.8) is 0 Å². The summed E-state index contributed by atoms with van der Waals surface area (Å²) in [6, 6.07) is 6.47. The molecule has 1 aromatic carbocycles. The van der Waals surface area contributed by atoms with E-state index < -0.39 is 0 Å². The highest BCUT2D eigenvalue weighted by Crippen LogP contribution is 2.43. The summed E-state index contributed by atoms with van der Waals surface area (Å²) in [7, 11) is 1.90. The Morgan fingerprint density at radius 1 is 1.33 bits per heavy atom. The van der Waals surface area contributed by atoms with E-state index in [-0.39, 0.29) is 5.66 Å². The zero-order chi connectivity index (χ0) is 12.8. The monoisotopic (exact) mass is 305 g/mol. The van der Waals surface area contributed by atoms with E-state index in [4.69, 9.17) is 9.98 Å². The zero-order valence-corrected chi connectivity index (χ0v) is 12.2. The van der Waals surface area contributed by atoms with Gasteiger partial charge in [0.1, 0.15) is 5.84 Å². The zero-order valence-electron chi connectivity index (χ0n) is 10.6. The maximum atomic E-state index is 4.84. The fourth-order valence-electron chi connectivity index (χ4n) is 2.89. The summed E-state index contributed by atoms with van der Waals surface area (Å²) in [4.78, 5) is 9.69. The van der Waals surface area contributed by atoms with Crippen molar-refractivity contribution in [3.05, 3.63) is 33.8 Å². The lowest BCUT2D eigenvalue weighted by Gasteiger charge is -2.30. The number of halogens is 1. The lowest BCUT2D eigenvalue weighted by atomic mass is 9.83. The third kappa shape index (κ3) is 1.70. The van der Waals surface area contributed by atoms with Crippen molar-refractivity contribution in [1.29, 1.82) is 0 Å². The number of hydrogen-bond acceptors (Lipinski definition) is 3. The third-order valence-electron chi connectivity index (χ3n) is 3.70. The molecule has 0 saturated heterocycles. The largest absolute Gasteiger partial charge is 0.372 e. The summed E-state index contributed by atoms with van der Waals surface area (Å²) in [6.07, 6.45) is 3.27. The SMILES string of the molecule is CNC1=NC2(CCCc3ccc(Br)cc32)N=C1C. The number of aliphatic imine (C=N–C) groups is 2. The fraction of sp³-hybridized carbons (Fsp3) is 0.429. The predicted molar refractivity (Wildman–Crippen MR) is 78.4 cm³/mol. The van der Waals surface area contributed by atoms with Crippen LogP contribution in [0.25, 0.3) is 0 Å². The van der Waals surface area contributed by atoms with Crippen molar-refractivity contribution in [2.24, 2.45) is 9.98 Å². The van der Waals surface area contributed by atoms with Crippen LogP contribution in [0.2, 0.25) is 0 Å². The lowest BCUT2D eigenvalue weighted by molar-refractivity contribution is 0.400. The van der Waals surface area contributed by atoms with Crippen LogP contribution in [0.15, 0.2) is 32.7 Å². The van der Waals surface area contributed by atoms with Crippen molar-refractivity contribution in [2.75, 3.05) is 7.05 Å². The third-order valence-corrected chi connectivity index (χ3v) is 4.20. The molecular weight excluding hydrogens is 290 g/mol. The van der Waals surface area contributed by atoms with Gasteiger partial charge in [0.15, 0.2) is 5.66 Å². The molecular formula is C14H16BrN3. The van der Waals surface area contributed by atoms with Crippen molar-refractivity contribution in [2.45, 2.75) is 31.8 Å². The number of fused-ring (bicyclic) bond motifs is 2. The van der Waals surface area contributed by atoms with Crippen molar-refractivity contribution >= 4 is 27.5 Å². The molecule has 1 N–H and O–H groups in total. The van der Waals surface area contributed by atoms with Crippen LogP contribution in [0.4, 0.5) is 0 Å². The fourth-order valence-corrected chi connectivity index (χ4v) is 3.25. The van der Waals surface area contributed by atoms with Crippen LogP contribution in [-0.4, -0.2) is 18.6 Å². The van der Waals surface area contributed by atoms with Gasteiger partial charge in [0.05, 0.1) is 5.71 Å². The lowest BCUT2D eigenvalue weighted by Crippen LogP contribution is -2.26. The van der Waals surface area contributed by atoms with E-state index in [1.807, 2.05) is 14.0 Å². The first-order chi connectivity index (χ1) is 8.64. The van der Waals surface area contributed by atoms with Crippen LogP contribution >= 0.6 is 15.9 Å². The minimum atomic E-state index is -0.375. The summed E-state index contributed by atoms with van der Waals surface area (Å²) in [5.74, 6) is 0.919. The Morgan fingerprint density at radius 3 is 2.89 bits per heavy atom. The van der Waals surface area contributed by atoms with E-state index in [1.165, 1.54) is 11.1 Å². The molecule has 3 rings (SSSR count). The molecule has 0 amide bonds. The molecule has 3 nitrogen and oxygen atoms in total. The second-order valence-electron chi connectivity index (χ2n) is 4.88. The maximum absolute atomic E-state index is 4.84. The number of rotatable bonds is 0. The Balaban J connectivity index is 2.18. The second-order valence-corrected chi connectivity index (χ2v) is 5.79. The summed E-state index contributed by atoms with van der Waals surface area (Å²) < 4.78 is 1.10. The molecule has 1 unspecified atom stereocenters. The maximum Gasteiger partial charge on any atom is 0.178 e. The molecule has 1 atom stereocenters.